The summed E-state index contributed by atoms with van der Waals surface area (Å²) in [5, 5.41) is 0. The molecule has 1 aliphatic heterocycles. The molecule has 3 aromatic rings. The highest BCUT2D eigenvalue weighted by molar-refractivity contribution is 5.77. The minimum atomic E-state index is 0.810. The number of benzene rings is 2. The predicted octanol–water partition coefficient (Wildman–Crippen LogP) is 5.76. The van der Waals surface area contributed by atoms with Gasteiger partial charge in [0.1, 0.15) is 5.82 Å². The van der Waals surface area contributed by atoms with Gasteiger partial charge < -0.3 is 4.90 Å². The van der Waals surface area contributed by atoms with E-state index in [0.29, 0.717) is 0 Å². The number of likely N-dealkylation sites (tertiary alicyclic amines) is 1. The Labute approximate surface area is 186 Å². The van der Waals surface area contributed by atoms with Crippen LogP contribution >= 0.6 is 0 Å². The summed E-state index contributed by atoms with van der Waals surface area (Å²) in [6, 6.07) is 17.5. The van der Waals surface area contributed by atoms with E-state index in [9.17, 15) is 0 Å². The maximum atomic E-state index is 5.12. The zero-order chi connectivity index (χ0) is 21.0. The second-order valence-corrected chi connectivity index (χ2v) is 9.27. The van der Waals surface area contributed by atoms with Crippen molar-refractivity contribution >= 4 is 0 Å². The lowest BCUT2D eigenvalue weighted by Gasteiger charge is -2.26. The molecule has 3 heteroatoms. The normalized spacial score (nSPS) is 15.6. The van der Waals surface area contributed by atoms with E-state index in [1.54, 1.807) is 0 Å². The van der Waals surface area contributed by atoms with Gasteiger partial charge in [0.25, 0.3) is 0 Å². The Hall–Kier alpha value is -2.52. The van der Waals surface area contributed by atoms with Crippen molar-refractivity contribution < 1.29 is 0 Å². The SMILES string of the molecule is Cc1ccc2c(c1)Cc1nc(Cc3ccccc3)nc(CCCCN3CCCCC3)c1-2. The molecular weight excluding hydrogens is 378 g/mol. The summed E-state index contributed by atoms with van der Waals surface area (Å²) >= 11 is 0. The lowest BCUT2D eigenvalue weighted by Crippen LogP contribution is -2.30. The van der Waals surface area contributed by atoms with Gasteiger partial charge in [-0.2, -0.15) is 0 Å². The van der Waals surface area contributed by atoms with Crippen LogP contribution in [0.1, 0.15) is 66.0 Å². The Bertz CT molecular complexity index is 1040. The molecule has 160 valence electrons. The molecule has 5 rings (SSSR count). The van der Waals surface area contributed by atoms with Crippen LogP contribution < -0.4 is 0 Å². The van der Waals surface area contributed by atoms with Gasteiger partial charge >= 0.3 is 0 Å². The van der Waals surface area contributed by atoms with Crippen molar-refractivity contribution in [3.8, 4) is 11.1 Å². The van der Waals surface area contributed by atoms with Crippen molar-refractivity contribution in [3.05, 3.63) is 82.4 Å². The highest BCUT2D eigenvalue weighted by atomic mass is 15.1. The van der Waals surface area contributed by atoms with Gasteiger partial charge in [-0.15, -0.1) is 0 Å². The van der Waals surface area contributed by atoms with E-state index in [1.807, 2.05) is 0 Å². The summed E-state index contributed by atoms with van der Waals surface area (Å²) in [4.78, 5) is 12.8. The predicted molar refractivity (Wildman–Crippen MR) is 127 cm³/mol. The largest absolute Gasteiger partial charge is 0.303 e. The van der Waals surface area contributed by atoms with Crippen LogP contribution in [0.4, 0.5) is 0 Å². The zero-order valence-corrected chi connectivity index (χ0v) is 18.7. The molecule has 1 aliphatic carbocycles. The fourth-order valence-electron chi connectivity index (χ4n) is 5.20. The Morgan fingerprint density at radius 1 is 0.903 bits per heavy atom. The second kappa shape index (κ2) is 9.32. The molecule has 2 aliphatic rings. The standard InChI is InChI=1S/C28H33N3/c1-21-13-14-24-23(18-21)20-26-28(24)25(12-6-9-17-31-15-7-3-8-16-31)29-27(30-26)19-22-10-4-2-5-11-22/h2,4-5,10-11,13-14,18H,3,6-9,12,15-17,19-20H2,1H3. The molecule has 2 heterocycles. The van der Waals surface area contributed by atoms with Gasteiger partial charge in [0.2, 0.25) is 0 Å². The molecule has 0 radical (unpaired) electrons. The van der Waals surface area contributed by atoms with Crippen LogP contribution in [-0.4, -0.2) is 34.5 Å². The van der Waals surface area contributed by atoms with Gasteiger partial charge in [-0.3, -0.25) is 0 Å². The molecule has 1 aromatic heterocycles. The van der Waals surface area contributed by atoms with E-state index in [0.717, 1.165) is 25.1 Å². The van der Waals surface area contributed by atoms with Crippen LogP contribution in [0.25, 0.3) is 11.1 Å². The smallest absolute Gasteiger partial charge is 0.133 e. The molecule has 2 aromatic carbocycles. The van der Waals surface area contributed by atoms with Crippen molar-refractivity contribution in [2.45, 2.75) is 58.3 Å². The van der Waals surface area contributed by atoms with Crippen LogP contribution in [0.2, 0.25) is 0 Å². The average Bonchev–Trinajstić information content (AvgIpc) is 3.15. The summed E-state index contributed by atoms with van der Waals surface area (Å²) in [7, 11) is 0. The number of hydrogen-bond acceptors (Lipinski definition) is 3. The quantitative estimate of drug-likeness (QED) is 0.362. The number of unbranched alkanes of at least 4 members (excludes halogenated alkanes) is 1. The van der Waals surface area contributed by atoms with E-state index in [2.05, 4.69) is 60.4 Å². The summed E-state index contributed by atoms with van der Waals surface area (Å²) in [6.45, 7) is 5.99. The molecule has 0 bridgehead atoms. The van der Waals surface area contributed by atoms with E-state index < -0.39 is 0 Å². The molecule has 0 saturated carbocycles. The molecule has 0 atom stereocenters. The van der Waals surface area contributed by atoms with Gasteiger partial charge in [-0.1, -0.05) is 60.5 Å². The third kappa shape index (κ3) is 4.72. The number of rotatable bonds is 7. The number of fused-ring (bicyclic) bond motifs is 3. The van der Waals surface area contributed by atoms with Crippen LogP contribution in [-0.2, 0) is 19.3 Å². The Morgan fingerprint density at radius 2 is 1.74 bits per heavy atom. The molecule has 1 saturated heterocycles. The Morgan fingerprint density at radius 3 is 2.58 bits per heavy atom. The first-order chi connectivity index (χ1) is 15.3. The number of aromatic nitrogens is 2. The Balaban J connectivity index is 1.37. The van der Waals surface area contributed by atoms with E-state index in [1.165, 1.54) is 90.9 Å². The highest BCUT2D eigenvalue weighted by Crippen LogP contribution is 2.38. The van der Waals surface area contributed by atoms with Gasteiger partial charge in [0.15, 0.2) is 0 Å². The molecule has 3 nitrogen and oxygen atoms in total. The maximum Gasteiger partial charge on any atom is 0.133 e. The highest BCUT2D eigenvalue weighted by Gasteiger charge is 2.25. The average molecular weight is 412 g/mol. The van der Waals surface area contributed by atoms with Crippen molar-refractivity contribution in [2.24, 2.45) is 0 Å². The molecule has 0 spiro atoms. The van der Waals surface area contributed by atoms with E-state index in [-0.39, 0.29) is 0 Å². The van der Waals surface area contributed by atoms with Crippen LogP contribution in [0.5, 0.6) is 0 Å². The van der Waals surface area contributed by atoms with Crippen LogP contribution in [0.15, 0.2) is 48.5 Å². The molecule has 31 heavy (non-hydrogen) atoms. The van der Waals surface area contributed by atoms with Crippen molar-refractivity contribution in [1.29, 1.82) is 0 Å². The van der Waals surface area contributed by atoms with Crippen LogP contribution in [0, 0.1) is 6.92 Å². The summed E-state index contributed by atoms with van der Waals surface area (Å²) in [5.41, 5.74) is 9.19. The summed E-state index contributed by atoms with van der Waals surface area (Å²) < 4.78 is 0. The lowest BCUT2D eigenvalue weighted by molar-refractivity contribution is 0.225. The lowest BCUT2D eigenvalue weighted by atomic mass is 10.0. The summed E-state index contributed by atoms with van der Waals surface area (Å²) in [6.07, 6.45) is 9.42. The van der Waals surface area contributed by atoms with Crippen molar-refractivity contribution in [3.63, 3.8) is 0 Å². The third-order valence-corrected chi connectivity index (χ3v) is 6.78. The van der Waals surface area contributed by atoms with Crippen molar-refractivity contribution in [2.75, 3.05) is 19.6 Å². The number of nitrogens with zero attached hydrogens (tertiary/aromatic N) is 3. The molecule has 0 N–H and O–H groups in total. The first-order valence-corrected chi connectivity index (χ1v) is 12.0. The van der Waals surface area contributed by atoms with Gasteiger partial charge in [0, 0.05) is 18.4 Å². The first kappa shape index (κ1) is 20.4. The number of hydrogen-bond donors (Lipinski definition) is 0. The number of aryl methyl sites for hydroxylation is 2. The topological polar surface area (TPSA) is 29.0 Å². The van der Waals surface area contributed by atoms with E-state index >= 15 is 0 Å². The third-order valence-electron chi connectivity index (χ3n) is 6.78. The van der Waals surface area contributed by atoms with Crippen LogP contribution in [0.3, 0.4) is 0 Å². The fourth-order valence-corrected chi connectivity index (χ4v) is 5.20. The van der Waals surface area contributed by atoms with Gasteiger partial charge in [-0.05, 0) is 75.4 Å². The fraction of sp³-hybridized carbons (Fsp3) is 0.429. The summed E-state index contributed by atoms with van der Waals surface area (Å²) in [5.74, 6) is 0.973. The maximum absolute atomic E-state index is 5.12. The minimum Gasteiger partial charge on any atom is -0.303 e. The van der Waals surface area contributed by atoms with E-state index in [4.69, 9.17) is 9.97 Å². The zero-order valence-electron chi connectivity index (χ0n) is 18.7. The second-order valence-electron chi connectivity index (χ2n) is 9.27. The Kier molecular flexibility index (Phi) is 6.13. The molecule has 0 unspecified atom stereocenters. The van der Waals surface area contributed by atoms with Gasteiger partial charge in [-0.25, -0.2) is 9.97 Å². The molecular formula is C28H33N3. The molecule has 1 fully saturated rings. The van der Waals surface area contributed by atoms with Crippen molar-refractivity contribution in [1.82, 2.24) is 14.9 Å². The monoisotopic (exact) mass is 411 g/mol. The number of piperidine rings is 1. The molecule has 0 amide bonds. The van der Waals surface area contributed by atoms with Gasteiger partial charge in [0.05, 0.1) is 11.4 Å². The first-order valence-electron chi connectivity index (χ1n) is 12.0. The minimum absolute atomic E-state index is 0.810.